The Labute approximate surface area is 200 Å². The number of hydrogen-bond donors (Lipinski definition) is 1. The second-order valence-electron chi connectivity index (χ2n) is 7.10. The first-order valence-corrected chi connectivity index (χ1v) is 11.1. The number of rotatable bonds is 5. The van der Waals surface area contributed by atoms with Crippen molar-refractivity contribution in [3.8, 4) is 5.75 Å². The molecule has 0 spiro atoms. The highest BCUT2D eigenvalue weighted by molar-refractivity contribution is 7.80. The Kier molecular flexibility index (Phi) is 8.67. The Hall–Kier alpha value is -3.34. The van der Waals surface area contributed by atoms with Crippen LogP contribution in [0.15, 0.2) is 115 Å². The molecule has 1 N–H and O–H groups in total. The minimum atomic E-state index is -0.0457. The summed E-state index contributed by atoms with van der Waals surface area (Å²) in [6, 6.07) is 37.4. The van der Waals surface area contributed by atoms with Crippen molar-refractivity contribution in [1.29, 1.82) is 0 Å². The average molecular weight is 457 g/mol. The van der Waals surface area contributed by atoms with E-state index in [0.717, 1.165) is 16.9 Å². The van der Waals surface area contributed by atoms with Gasteiger partial charge in [-0.1, -0.05) is 116 Å². The Balaban J connectivity index is 0.000000269. The van der Waals surface area contributed by atoms with Gasteiger partial charge in [0.05, 0.1) is 0 Å². The second-order valence-corrected chi connectivity index (χ2v) is 7.85. The number of aliphatic hydroxyl groups is 1. The molecule has 160 valence electrons. The molecule has 0 heterocycles. The fourth-order valence-electron chi connectivity index (χ4n) is 3.17. The van der Waals surface area contributed by atoms with Crippen LogP contribution in [0.1, 0.15) is 35.1 Å². The van der Waals surface area contributed by atoms with Crippen molar-refractivity contribution in [1.82, 2.24) is 0 Å². The molecule has 0 fully saturated rings. The molecule has 1 unspecified atom stereocenters. The molecule has 4 aromatic rings. The van der Waals surface area contributed by atoms with Crippen molar-refractivity contribution in [2.24, 2.45) is 0 Å². The number of aliphatic hydroxyl groups excluding tert-OH is 1. The number of benzene rings is 4. The maximum Gasteiger partial charge on any atom is 0.198 e. The Morgan fingerprint density at radius 1 is 0.656 bits per heavy atom. The number of thiocarbonyl (C=S) groups is 2. The first-order valence-electron chi connectivity index (χ1n) is 10.3. The third-order valence-corrected chi connectivity index (χ3v) is 5.47. The summed E-state index contributed by atoms with van der Waals surface area (Å²) in [6.45, 7) is 2.18. The van der Waals surface area contributed by atoms with Gasteiger partial charge >= 0.3 is 0 Å². The molecule has 0 aliphatic carbocycles. The molecular formula is C28H24O2S2. The third-order valence-electron chi connectivity index (χ3n) is 4.92. The lowest BCUT2D eigenvalue weighted by atomic mass is 9.92. The molecule has 0 radical (unpaired) electrons. The fourth-order valence-corrected chi connectivity index (χ4v) is 3.53. The van der Waals surface area contributed by atoms with Gasteiger partial charge in [0.2, 0.25) is 0 Å². The van der Waals surface area contributed by atoms with E-state index >= 15 is 0 Å². The van der Waals surface area contributed by atoms with E-state index < -0.39 is 0 Å². The fraction of sp³-hybridized carbons (Fsp3) is 0.0714. The summed E-state index contributed by atoms with van der Waals surface area (Å²) in [5.41, 5.74) is 4.02. The van der Waals surface area contributed by atoms with Gasteiger partial charge in [0.15, 0.2) is 10.1 Å². The van der Waals surface area contributed by atoms with E-state index in [9.17, 15) is 0 Å². The summed E-state index contributed by atoms with van der Waals surface area (Å²) in [5.74, 6) is 1.06. The smallest absolute Gasteiger partial charge is 0.198 e. The van der Waals surface area contributed by atoms with Crippen molar-refractivity contribution in [3.63, 3.8) is 0 Å². The molecule has 0 aromatic heterocycles. The Bertz CT molecular complexity index is 1140. The molecule has 2 nitrogen and oxygen atoms in total. The highest BCUT2D eigenvalue weighted by Crippen LogP contribution is 2.31. The molecule has 0 aliphatic heterocycles. The van der Waals surface area contributed by atoms with Crippen LogP contribution >= 0.6 is 24.4 Å². The highest BCUT2D eigenvalue weighted by Gasteiger charge is 2.15. The topological polar surface area (TPSA) is 29.5 Å². The van der Waals surface area contributed by atoms with Gasteiger partial charge in [-0.05, 0) is 36.1 Å². The van der Waals surface area contributed by atoms with E-state index in [1.54, 1.807) is 12.1 Å². The molecule has 0 saturated carbocycles. The molecular weight excluding hydrogens is 432 g/mol. The van der Waals surface area contributed by atoms with Crippen LogP contribution in [0.3, 0.4) is 0 Å². The summed E-state index contributed by atoms with van der Waals surface area (Å²) >= 11 is 9.96. The number of hydrogen-bond acceptors (Lipinski definition) is 3. The second kappa shape index (κ2) is 11.9. The Morgan fingerprint density at radius 3 is 1.66 bits per heavy atom. The van der Waals surface area contributed by atoms with Crippen LogP contribution in [-0.4, -0.2) is 15.2 Å². The highest BCUT2D eigenvalue weighted by atomic mass is 32.1. The molecule has 4 rings (SSSR count). The maximum absolute atomic E-state index is 8.76. The van der Waals surface area contributed by atoms with Crippen molar-refractivity contribution < 1.29 is 9.84 Å². The lowest BCUT2D eigenvalue weighted by Gasteiger charge is -2.17. The van der Waals surface area contributed by atoms with E-state index in [1.807, 2.05) is 72.8 Å². The summed E-state index contributed by atoms with van der Waals surface area (Å²) in [4.78, 5) is 0. The lowest BCUT2D eigenvalue weighted by Crippen LogP contribution is -2.09. The van der Waals surface area contributed by atoms with E-state index in [-0.39, 0.29) is 11.0 Å². The van der Waals surface area contributed by atoms with Crippen LogP contribution in [0, 0.1) is 0 Å². The van der Waals surface area contributed by atoms with Gasteiger partial charge in [0.1, 0.15) is 5.75 Å². The zero-order valence-corrected chi connectivity index (χ0v) is 19.4. The molecule has 0 aliphatic rings. The van der Waals surface area contributed by atoms with Gasteiger partial charge in [-0.25, -0.2) is 0 Å². The monoisotopic (exact) mass is 456 g/mol. The largest absolute Gasteiger partial charge is 0.499 e. The molecule has 0 amide bonds. The summed E-state index contributed by atoms with van der Waals surface area (Å²) in [6.07, 6.45) is 0. The molecule has 1 atom stereocenters. The standard InChI is InChI=1S/C21H18OS.C7H6OS/c1-16(17-10-4-2-5-11-17)19-14-8-9-15-20(19)22-21(23)18-12-6-3-7-13-18;8-7(9)6-4-2-1-3-5-6/h2-16H,1H3;1-5H,(H,8,9). The molecule has 4 aromatic carbocycles. The minimum Gasteiger partial charge on any atom is -0.499 e. The van der Waals surface area contributed by atoms with Crippen LogP contribution in [0.5, 0.6) is 5.75 Å². The van der Waals surface area contributed by atoms with Gasteiger partial charge in [-0.2, -0.15) is 0 Å². The van der Waals surface area contributed by atoms with E-state index in [1.165, 1.54) is 5.56 Å². The van der Waals surface area contributed by atoms with Crippen molar-refractivity contribution >= 4 is 34.5 Å². The molecule has 0 saturated heterocycles. The van der Waals surface area contributed by atoms with Crippen molar-refractivity contribution in [3.05, 3.63) is 138 Å². The zero-order valence-electron chi connectivity index (χ0n) is 17.7. The van der Waals surface area contributed by atoms with Gasteiger partial charge in [-0.15, -0.1) is 0 Å². The van der Waals surface area contributed by atoms with Crippen LogP contribution in [0.25, 0.3) is 0 Å². The summed E-state index contributed by atoms with van der Waals surface area (Å²) < 4.78 is 6.01. The maximum atomic E-state index is 8.76. The Morgan fingerprint density at radius 2 is 1.12 bits per heavy atom. The van der Waals surface area contributed by atoms with Gasteiger partial charge < -0.3 is 9.84 Å². The SMILES string of the molecule is CC(c1ccccc1)c1ccccc1OC(=S)c1ccccc1.OC(=S)c1ccccc1. The molecule has 32 heavy (non-hydrogen) atoms. The number of ether oxygens (including phenoxy) is 1. The lowest BCUT2D eigenvalue weighted by molar-refractivity contribution is 0.554. The van der Waals surface area contributed by atoms with Crippen LogP contribution in [0.2, 0.25) is 0 Å². The van der Waals surface area contributed by atoms with Gasteiger partial charge in [-0.3, -0.25) is 0 Å². The zero-order chi connectivity index (χ0) is 22.8. The average Bonchev–Trinajstić information content (AvgIpc) is 2.86. The van der Waals surface area contributed by atoms with Crippen LogP contribution < -0.4 is 4.74 Å². The summed E-state index contributed by atoms with van der Waals surface area (Å²) in [7, 11) is 0. The van der Waals surface area contributed by atoms with E-state index in [4.69, 9.17) is 22.1 Å². The van der Waals surface area contributed by atoms with E-state index in [2.05, 4.69) is 49.5 Å². The third kappa shape index (κ3) is 6.58. The van der Waals surface area contributed by atoms with Gasteiger partial charge in [0.25, 0.3) is 0 Å². The van der Waals surface area contributed by atoms with Crippen LogP contribution in [0.4, 0.5) is 0 Å². The predicted octanol–water partition coefficient (Wildman–Crippen LogP) is 7.51. The number of para-hydroxylation sites is 1. The predicted molar refractivity (Wildman–Crippen MR) is 140 cm³/mol. The minimum absolute atomic E-state index is 0.0457. The van der Waals surface area contributed by atoms with Crippen molar-refractivity contribution in [2.45, 2.75) is 12.8 Å². The first-order chi connectivity index (χ1) is 15.6. The summed E-state index contributed by atoms with van der Waals surface area (Å²) in [5, 5.41) is 9.21. The molecule has 4 heteroatoms. The normalized spacial score (nSPS) is 10.9. The van der Waals surface area contributed by atoms with Crippen LogP contribution in [-0.2, 0) is 0 Å². The molecule has 0 bridgehead atoms. The first kappa shape index (κ1) is 23.3. The van der Waals surface area contributed by atoms with Gasteiger partial charge in [0, 0.05) is 22.6 Å². The quantitative estimate of drug-likeness (QED) is 0.315. The van der Waals surface area contributed by atoms with Crippen molar-refractivity contribution in [2.75, 3.05) is 0 Å². The van der Waals surface area contributed by atoms with E-state index in [0.29, 0.717) is 10.6 Å².